The van der Waals surface area contributed by atoms with Crippen molar-refractivity contribution in [1.29, 1.82) is 0 Å². The van der Waals surface area contributed by atoms with Crippen molar-refractivity contribution in [2.75, 3.05) is 11.1 Å². The molecule has 10 heteroatoms. The Morgan fingerprint density at radius 1 is 1.31 bits per heavy atom. The van der Waals surface area contributed by atoms with Crippen molar-refractivity contribution in [3.8, 4) is 0 Å². The van der Waals surface area contributed by atoms with Gasteiger partial charge in [-0.3, -0.25) is 24.3 Å². The molecule has 0 aliphatic carbocycles. The van der Waals surface area contributed by atoms with Crippen molar-refractivity contribution < 1.29 is 9.72 Å². The van der Waals surface area contributed by atoms with Crippen LogP contribution in [0.5, 0.6) is 0 Å². The van der Waals surface area contributed by atoms with E-state index >= 15 is 0 Å². The number of nitrogens with one attached hydrogen (secondary N) is 1. The summed E-state index contributed by atoms with van der Waals surface area (Å²) in [6, 6.07) is 11.2. The van der Waals surface area contributed by atoms with Gasteiger partial charge in [-0.05, 0) is 40.5 Å². The topological polar surface area (TPSA) is 107 Å². The number of nitrogens with zero attached hydrogens (tertiary/aromatic N) is 3. The molecule has 1 N–H and O–H groups in total. The van der Waals surface area contributed by atoms with Gasteiger partial charge in [0.15, 0.2) is 5.16 Å². The summed E-state index contributed by atoms with van der Waals surface area (Å²) in [5, 5.41) is 14.5. The first-order valence-corrected chi connectivity index (χ1v) is 10.5. The van der Waals surface area contributed by atoms with Gasteiger partial charge in [-0.25, -0.2) is 4.98 Å². The minimum absolute atomic E-state index is 0.0396. The number of non-ortho nitro benzene ring substituents is 1. The third-order valence-electron chi connectivity index (χ3n) is 4.04. The Hall–Kier alpha value is -2.72. The van der Waals surface area contributed by atoms with Crippen LogP contribution in [0, 0.1) is 10.1 Å². The number of amides is 1. The summed E-state index contributed by atoms with van der Waals surface area (Å²) in [5.41, 5.74) is 0.816. The SMILES string of the molecule is CCCn1c(SCC(=O)Nc2ccc([N+](=O)[O-])cc2Br)nc2ccccc2c1=O. The molecule has 0 unspecified atom stereocenters. The molecule has 1 amide bonds. The number of carbonyl (C=O) groups excluding carboxylic acids is 1. The Balaban J connectivity index is 1.78. The number of thioether (sulfide) groups is 1. The minimum Gasteiger partial charge on any atom is -0.324 e. The Morgan fingerprint density at radius 2 is 2.07 bits per heavy atom. The minimum atomic E-state index is -0.509. The highest BCUT2D eigenvalue weighted by Crippen LogP contribution is 2.27. The maximum atomic E-state index is 12.8. The average molecular weight is 477 g/mol. The molecule has 2 aromatic carbocycles. The summed E-state index contributed by atoms with van der Waals surface area (Å²) >= 11 is 4.40. The van der Waals surface area contributed by atoms with Gasteiger partial charge >= 0.3 is 0 Å². The molecule has 0 saturated carbocycles. The van der Waals surface area contributed by atoms with E-state index in [4.69, 9.17) is 0 Å². The zero-order chi connectivity index (χ0) is 21.0. The van der Waals surface area contributed by atoms with E-state index in [1.54, 1.807) is 22.8 Å². The van der Waals surface area contributed by atoms with E-state index < -0.39 is 4.92 Å². The Morgan fingerprint density at radius 3 is 2.76 bits per heavy atom. The number of halogens is 1. The molecule has 8 nitrogen and oxygen atoms in total. The van der Waals surface area contributed by atoms with Crippen LogP contribution in [-0.4, -0.2) is 26.1 Å². The van der Waals surface area contributed by atoms with Crippen molar-refractivity contribution >= 4 is 55.9 Å². The second-order valence-corrected chi connectivity index (χ2v) is 7.92. The number of anilines is 1. The van der Waals surface area contributed by atoms with Gasteiger partial charge in [0.2, 0.25) is 5.91 Å². The summed E-state index contributed by atoms with van der Waals surface area (Å²) in [7, 11) is 0. The monoisotopic (exact) mass is 476 g/mol. The molecule has 0 aliphatic rings. The number of hydrogen-bond donors (Lipinski definition) is 1. The van der Waals surface area contributed by atoms with E-state index in [1.807, 2.05) is 13.0 Å². The summed E-state index contributed by atoms with van der Waals surface area (Å²) in [6.45, 7) is 2.48. The van der Waals surface area contributed by atoms with Gasteiger partial charge < -0.3 is 5.32 Å². The fourth-order valence-corrected chi connectivity index (χ4v) is 4.01. The zero-order valence-corrected chi connectivity index (χ0v) is 17.8. The predicted octanol–water partition coefficient (Wildman–Crippen LogP) is 4.21. The second kappa shape index (κ2) is 9.19. The van der Waals surface area contributed by atoms with E-state index in [9.17, 15) is 19.7 Å². The Kier molecular flexibility index (Phi) is 6.65. The number of nitro benzene ring substituents is 1. The zero-order valence-electron chi connectivity index (χ0n) is 15.4. The lowest BCUT2D eigenvalue weighted by atomic mass is 10.2. The van der Waals surface area contributed by atoms with Gasteiger partial charge in [-0.2, -0.15) is 0 Å². The quantitative estimate of drug-likeness (QED) is 0.237. The second-order valence-electron chi connectivity index (χ2n) is 6.13. The van der Waals surface area contributed by atoms with Crippen LogP contribution in [0.4, 0.5) is 11.4 Å². The first-order valence-electron chi connectivity index (χ1n) is 8.77. The number of carbonyl (C=O) groups is 1. The van der Waals surface area contributed by atoms with Crippen LogP contribution in [0.25, 0.3) is 10.9 Å². The van der Waals surface area contributed by atoms with Crippen molar-refractivity contribution in [3.63, 3.8) is 0 Å². The predicted molar refractivity (Wildman–Crippen MR) is 116 cm³/mol. The number of nitro groups is 1. The van der Waals surface area contributed by atoms with Gasteiger partial charge in [-0.15, -0.1) is 0 Å². The maximum Gasteiger partial charge on any atom is 0.270 e. The van der Waals surface area contributed by atoms with E-state index in [1.165, 1.54) is 30.0 Å². The molecular weight excluding hydrogens is 460 g/mol. The smallest absolute Gasteiger partial charge is 0.270 e. The highest BCUT2D eigenvalue weighted by Gasteiger charge is 2.14. The van der Waals surface area contributed by atoms with Crippen molar-refractivity contribution in [2.24, 2.45) is 0 Å². The molecule has 3 aromatic rings. The summed E-state index contributed by atoms with van der Waals surface area (Å²) in [4.78, 5) is 40.0. The normalized spacial score (nSPS) is 10.8. The molecule has 3 rings (SSSR count). The summed E-state index contributed by atoms with van der Waals surface area (Å²) in [5.74, 6) is -0.271. The number of hydrogen-bond acceptors (Lipinski definition) is 6. The summed E-state index contributed by atoms with van der Waals surface area (Å²) in [6.07, 6.45) is 0.759. The third-order valence-corrected chi connectivity index (χ3v) is 5.68. The van der Waals surface area contributed by atoms with Crippen LogP contribution in [0.2, 0.25) is 0 Å². The van der Waals surface area contributed by atoms with Crippen molar-refractivity contribution in [2.45, 2.75) is 25.0 Å². The average Bonchev–Trinajstić information content (AvgIpc) is 2.70. The fourth-order valence-electron chi connectivity index (χ4n) is 2.71. The molecule has 0 atom stereocenters. The van der Waals surface area contributed by atoms with E-state index in [2.05, 4.69) is 26.2 Å². The number of para-hydroxylation sites is 1. The molecule has 150 valence electrons. The van der Waals surface area contributed by atoms with Crippen LogP contribution in [0.3, 0.4) is 0 Å². The largest absolute Gasteiger partial charge is 0.324 e. The lowest BCUT2D eigenvalue weighted by Crippen LogP contribution is -2.24. The van der Waals surface area contributed by atoms with E-state index in [0.717, 1.165) is 6.42 Å². The van der Waals surface area contributed by atoms with Crippen LogP contribution >= 0.6 is 27.7 Å². The van der Waals surface area contributed by atoms with Crippen molar-refractivity contribution in [3.05, 3.63) is 67.4 Å². The number of rotatable bonds is 7. The van der Waals surface area contributed by atoms with Gasteiger partial charge in [0, 0.05) is 23.2 Å². The molecule has 1 aromatic heterocycles. The lowest BCUT2D eigenvalue weighted by molar-refractivity contribution is -0.384. The molecule has 0 aliphatic heterocycles. The highest BCUT2D eigenvalue weighted by atomic mass is 79.9. The van der Waals surface area contributed by atoms with Gasteiger partial charge in [0.1, 0.15) is 0 Å². The molecule has 29 heavy (non-hydrogen) atoms. The third kappa shape index (κ3) is 4.83. The summed E-state index contributed by atoms with van der Waals surface area (Å²) < 4.78 is 2.00. The Bertz CT molecular complexity index is 1150. The molecule has 0 radical (unpaired) electrons. The molecule has 0 bridgehead atoms. The highest BCUT2D eigenvalue weighted by molar-refractivity contribution is 9.10. The Labute approximate surface area is 178 Å². The van der Waals surface area contributed by atoms with Gasteiger partial charge in [0.25, 0.3) is 11.2 Å². The molecular formula is C19H17BrN4O4S. The van der Waals surface area contributed by atoms with E-state index in [0.29, 0.717) is 32.8 Å². The lowest BCUT2D eigenvalue weighted by Gasteiger charge is -2.12. The first kappa shape index (κ1) is 21.0. The van der Waals surface area contributed by atoms with Crippen LogP contribution < -0.4 is 10.9 Å². The fraction of sp³-hybridized carbons (Fsp3) is 0.211. The first-order chi connectivity index (χ1) is 13.9. The number of fused-ring (bicyclic) bond motifs is 1. The number of benzene rings is 2. The van der Waals surface area contributed by atoms with Crippen LogP contribution in [0.1, 0.15) is 13.3 Å². The standard InChI is InChI=1S/C19H17BrN4O4S/c1-2-9-23-18(26)13-5-3-4-6-15(13)22-19(23)29-11-17(25)21-16-8-7-12(24(27)28)10-14(16)20/h3-8,10H,2,9,11H2,1H3,(H,21,25). The molecule has 1 heterocycles. The molecule has 0 saturated heterocycles. The van der Waals surface area contributed by atoms with Gasteiger partial charge in [-0.1, -0.05) is 30.8 Å². The van der Waals surface area contributed by atoms with Gasteiger partial charge in [0.05, 0.1) is 27.3 Å². The van der Waals surface area contributed by atoms with E-state index in [-0.39, 0.29) is 22.9 Å². The van der Waals surface area contributed by atoms with Crippen LogP contribution in [0.15, 0.2) is 56.9 Å². The maximum absolute atomic E-state index is 12.8. The molecule has 0 spiro atoms. The molecule has 0 fully saturated rings. The van der Waals surface area contributed by atoms with Crippen LogP contribution in [-0.2, 0) is 11.3 Å². The van der Waals surface area contributed by atoms with Crippen molar-refractivity contribution in [1.82, 2.24) is 9.55 Å². The number of aromatic nitrogens is 2.